The average molecular weight is 235 g/mol. The van der Waals surface area contributed by atoms with Crippen molar-refractivity contribution in [2.45, 2.75) is 19.8 Å². The number of hydrogen-bond donors (Lipinski definition) is 2. The van der Waals surface area contributed by atoms with Crippen molar-refractivity contribution >= 4 is 11.4 Å². The number of aliphatic hydroxyl groups is 1. The molecular formula is C13H21N3O. The van der Waals surface area contributed by atoms with Crippen LogP contribution in [0.25, 0.3) is 0 Å². The summed E-state index contributed by atoms with van der Waals surface area (Å²) in [4.78, 5) is 6.58. The Morgan fingerprint density at radius 1 is 1.53 bits per heavy atom. The van der Waals surface area contributed by atoms with Crippen LogP contribution in [0, 0.1) is 5.92 Å². The van der Waals surface area contributed by atoms with E-state index in [0.29, 0.717) is 5.92 Å². The number of hydrogen-bond acceptors (Lipinski definition) is 4. The van der Waals surface area contributed by atoms with Gasteiger partial charge in [-0.2, -0.15) is 0 Å². The molecule has 1 fully saturated rings. The van der Waals surface area contributed by atoms with Gasteiger partial charge in [0, 0.05) is 26.2 Å². The maximum Gasteiger partial charge on any atom is 0.0573 e. The van der Waals surface area contributed by atoms with E-state index in [-0.39, 0.29) is 6.61 Å². The zero-order chi connectivity index (χ0) is 12.1. The molecule has 1 atom stereocenters. The number of nitrogens with one attached hydrogen (secondary N) is 1. The molecule has 1 aliphatic heterocycles. The lowest BCUT2D eigenvalue weighted by Gasteiger charge is -2.33. The van der Waals surface area contributed by atoms with E-state index in [1.165, 1.54) is 0 Å². The van der Waals surface area contributed by atoms with Crippen LogP contribution in [0.4, 0.5) is 11.4 Å². The van der Waals surface area contributed by atoms with Gasteiger partial charge in [-0.1, -0.05) is 0 Å². The Morgan fingerprint density at radius 2 is 2.41 bits per heavy atom. The van der Waals surface area contributed by atoms with Crippen molar-refractivity contribution < 1.29 is 5.11 Å². The summed E-state index contributed by atoms with van der Waals surface area (Å²) in [6.07, 6.45) is 6.03. The Kier molecular flexibility index (Phi) is 4.20. The fraction of sp³-hybridized carbons (Fsp3) is 0.615. The molecule has 2 rings (SSSR count). The SMILES string of the molecule is CCNc1cncc(N2CCCC(CO)C2)c1. The predicted molar refractivity (Wildman–Crippen MR) is 70.4 cm³/mol. The molecule has 1 aromatic rings. The summed E-state index contributed by atoms with van der Waals surface area (Å²) < 4.78 is 0. The lowest BCUT2D eigenvalue weighted by molar-refractivity contribution is 0.208. The molecule has 0 spiro atoms. The molecule has 2 N–H and O–H groups in total. The standard InChI is InChI=1S/C13H21N3O/c1-2-15-12-6-13(8-14-7-12)16-5-3-4-11(9-16)10-17/h6-8,11,15,17H,2-5,9-10H2,1H3. The van der Waals surface area contributed by atoms with Gasteiger partial charge in [0.15, 0.2) is 0 Å². The third-order valence-corrected chi connectivity index (χ3v) is 3.25. The van der Waals surface area contributed by atoms with Crippen molar-refractivity contribution in [1.29, 1.82) is 0 Å². The van der Waals surface area contributed by atoms with Crippen molar-refractivity contribution in [3.8, 4) is 0 Å². The Balaban J connectivity index is 2.07. The average Bonchev–Trinajstić information content (AvgIpc) is 2.40. The van der Waals surface area contributed by atoms with Crippen LogP contribution in [0.2, 0.25) is 0 Å². The molecule has 0 amide bonds. The van der Waals surface area contributed by atoms with Gasteiger partial charge in [0.1, 0.15) is 0 Å². The van der Waals surface area contributed by atoms with E-state index in [9.17, 15) is 5.11 Å². The zero-order valence-electron chi connectivity index (χ0n) is 10.4. The summed E-state index contributed by atoms with van der Waals surface area (Å²) in [5.74, 6) is 0.409. The zero-order valence-corrected chi connectivity index (χ0v) is 10.4. The molecule has 1 unspecified atom stereocenters. The summed E-state index contributed by atoms with van der Waals surface area (Å²) in [7, 11) is 0. The Hall–Kier alpha value is -1.29. The number of aliphatic hydroxyl groups excluding tert-OH is 1. The quantitative estimate of drug-likeness (QED) is 0.834. The fourth-order valence-electron chi connectivity index (χ4n) is 2.35. The third kappa shape index (κ3) is 3.09. The largest absolute Gasteiger partial charge is 0.396 e. The third-order valence-electron chi connectivity index (χ3n) is 3.25. The highest BCUT2D eigenvalue weighted by Crippen LogP contribution is 2.24. The smallest absolute Gasteiger partial charge is 0.0573 e. The molecule has 0 saturated carbocycles. The summed E-state index contributed by atoms with van der Waals surface area (Å²) in [5.41, 5.74) is 2.22. The maximum absolute atomic E-state index is 9.24. The van der Waals surface area contributed by atoms with Crippen LogP contribution in [0.1, 0.15) is 19.8 Å². The molecule has 1 saturated heterocycles. The molecule has 2 heterocycles. The minimum atomic E-state index is 0.289. The Morgan fingerprint density at radius 3 is 3.18 bits per heavy atom. The van der Waals surface area contributed by atoms with Crippen molar-refractivity contribution in [1.82, 2.24) is 4.98 Å². The first-order valence-electron chi connectivity index (χ1n) is 6.38. The monoisotopic (exact) mass is 235 g/mol. The van der Waals surface area contributed by atoms with E-state index in [0.717, 1.165) is 43.9 Å². The molecule has 4 heteroatoms. The van der Waals surface area contributed by atoms with Gasteiger partial charge in [-0.05, 0) is 31.7 Å². The lowest BCUT2D eigenvalue weighted by Crippen LogP contribution is -2.36. The topological polar surface area (TPSA) is 48.4 Å². The molecular weight excluding hydrogens is 214 g/mol. The second-order valence-electron chi connectivity index (χ2n) is 4.60. The van der Waals surface area contributed by atoms with Crippen LogP contribution >= 0.6 is 0 Å². The Labute approximate surface area is 103 Å². The highest BCUT2D eigenvalue weighted by molar-refractivity contribution is 5.55. The fourth-order valence-corrected chi connectivity index (χ4v) is 2.35. The summed E-state index contributed by atoms with van der Waals surface area (Å²) in [6, 6.07) is 2.14. The molecule has 1 aromatic heterocycles. The first-order valence-corrected chi connectivity index (χ1v) is 6.38. The van der Waals surface area contributed by atoms with Gasteiger partial charge < -0.3 is 15.3 Å². The van der Waals surface area contributed by atoms with E-state index in [1.807, 2.05) is 12.4 Å². The highest BCUT2D eigenvalue weighted by Gasteiger charge is 2.19. The predicted octanol–water partition coefficient (Wildman–Crippen LogP) is 1.72. The van der Waals surface area contributed by atoms with Crippen molar-refractivity contribution in [3.05, 3.63) is 18.5 Å². The van der Waals surface area contributed by atoms with E-state index in [2.05, 4.69) is 28.2 Å². The van der Waals surface area contributed by atoms with Gasteiger partial charge in [-0.15, -0.1) is 0 Å². The first-order chi connectivity index (χ1) is 8.33. The van der Waals surface area contributed by atoms with Crippen LogP contribution in [0.15, 0.2) is 18.5 Å². The van der Waals surface area contributed by atoms with Crippen molar-refractivity contribution in [2.75, 3.05) is 36.5 Å². The van der Waals surface area contributed by atoms with Crippen LogP contribution in [0.3, 0.4) is 0 Å². The van der Waals surface area contributed by atoms with E-state index in [1.54, 1.807) is 0 Å². The molecule has 1 aliphatic rings. The number of rotatable bonds is 4. The van der Waals surface area contributed by atoms with Gasteiger partial charge in [0.25, 0.3) is 0 Å². The molecule has 0 bridgehead atoms. The van der Waals surface area contributed by atoms with Gasteiger partial charge >= 0.3 is 0 Å². The minimum Gasteiger partial charge on any atom is -0.396 e. The van der Waals surface area contributed by atoms with E-state index < -0.39 is 0 Å². The van der Waals surface area contributed by atoms with Crippen molar-refractivity contribution in [3.63, 3.8) is 0 Å². The summed E-state index contributed by atoms with van der Waals surface area (Å²) in [6.45, 7) is 5.28. The highest BCUT2D eigenvalue weighted by atomic mass is 16.3. The number of piperidine rings is 1. The second kappa shape index (κ2) is 5.87. The second-order valence-corrected chi connectivity index (χ2v) is 4.60. The summed E-state index contributed by atoms with van der Waals surface area (Å²) >= 11 is 0. The Bertz CT molecular complexity index is 356. The number of pyridine rings is 1. The van der Waals surface area contributed by atoms with Gasteiger partial charge in [-0.25, -0.2) is 0 Å². The normalized spacial score (nSPS) is 20.4. The van der Waals surface area contributed by atoms with Crippen LogP contribution < -0.4 is 10.2 Å². The molecule has 0 aromatic carbocycles. The van der Waals surface area contributed by atoms with Crippen LogP contribution in [-0.4, -0.2) is 36.3 Å². The molecule has 94 valence electrons. The van der Waals surface area contributed by atoms with Gasteiger partial charge in [-0.3, -0.25) is 4.98 Å². The molecule has 0 radical (unpaired) electrons. The van der Waals surface area contributed by atoms with Crippen molar-refractivity contribution in [2.24, 2.45) is 5.92 Å². The number of nitrogens with zero attached hydrogens (tertiary/aromatic N) is 2. The maximum atomic E-state index is 9.24. The molecule has 0 aliphatic carbocycles. The van der Waals surface area contributed by atoms with Gasteiger partial charge in [0.05, 0.1) is 23.8 Å². The minimum absolute atomic E-state index is 0.289. The van der Waals surface area contributed by atoms with E-state index >= 15 is 0 Å². The van der Waals surface area contributed by atoms with E-state index in [4.69, 9.17) is 0 Å². The number of aromatic nitrogens is 1. The van der Waals surface area contributed by atoms with Gasteiger partial charge in [0.2, 0.25) is 0 Å². The summed E-state index contributed by atoms with van der Waals surface area (Å²) in [5, 5.41) is 12.5. The molecule has 17 heavy (non-hydrogen) atoms. The number of anilines is 2. The molecule has 4 nitrogen and oxygen atoms in total. The van der Waals surface area contributed by atoms with Crippen LogP contribution in [0.5, 0.6) is 0 Å². The lowest BCUT2D eigenvalue weighted by atomic mass is 9.99. The van der Waals surface area contributed by atoms with Crippen LogP contribution in [-0.2, 0) is 0 Å². The first kappa shape index (κ1) is 12.2.